The largest absolute Gasteiger partial charge is 0.490 e. The second-order valence-corrected chi connectivity index (χ2v) is 18.2. The lowest BCUT2D eigenvalue weighted by Crippen LogP contribution is -2.36. The zero-order chi connectivity index (χ0) is 35.5. The van der Waals surface area contributed by atoms with Gasteiger partial charge in [-0.3, -0.25) is 14.1 Å². The lowest BCUT2D eigenvalue weighted by atomic mass is 9.80. The zero-order valence-corrected chi connectivity index (χ0v) is 30.0. The third kappa shape index (κ3) is 17.6. The highest BCUT2D eigenvalue weighted by atomic mass is 33.1. The van der Waals surface area contributed by atoms with E-state index < -0.39 is 49.4 Å². The molecule has 1 aliphatic rings. The predicted octanol–water partition coefficient (Wildman–Crippen LogP) is -0.0232. The molecule has 266 valence electrons. The Hall–Kier alpha value is -0.760. The van der Waals surface area contributed by atoms with Crippen molar-refractivity contribution in [1.29, 1.82) is 0 Å². The van der Waals surface area contributed by atoms with Gasteiger partial charge in [0.2, 0.25) is 5.91 Å². The molecule has 25 heteroatoms. The Balaban J connectivity index is 1.64. The summed E-state index contributed by atoms with van der Waals surface area (Å²) in [5.74, 6) is -0.268. The molecule has 8 N–H and O–H groups in total. The summed E-state index contributed by atoms with van der Waals surface area (Å²) in [4.78, 5) is 60.7. The summed E-state index contributed by atoms with van der Waals surface area (Å²) in [5, 5.41) is 23.9. The molecule has 1 saturated heterocycles. The number of unbranched alkanes of at least 4 members (excludes halogenated alkanes) is 1. The molecule has 0 bridgehead atoms. The maximum atomic E-state index is 12.3. The van der Waals surface area contributed by atoms with Crippen LogP contribution in [0, 0.1) is 0 Å². The molecule has 1 heterocycles. The van der Waals surface area contributed by atoms with Crippen molar-refractivity contribution >= 4 is 77.3 Å². The third-order valence-corrected chi connectivity index (χ3v) is 12.9. The molecule has 18 nitrogen and oxygen atoms in total. The Labute approximate surface area is 280 Å². The highest BCUT2D eigenvalue weighted by Crippen LogP contribution is 2.66. The van der Waals surface area contributed by atoms with Gasteiger partial charge >= 0.3 is 30.6 Å². The summed E-state index contributed by atoms with van der Waals surface area (Å²) < 4.78 is 57.4. The van der Waals surface area contributed by atoms with Crippen LogP contribution in [-0.4, -0.2) is 105 Å². The Morgan fingerprint density at radius 3 is 2.32 bits per heavy atom. The number of hydrogen-bond donors (Lipinski definition) is 8. The monoisotopic (exact) mass is 766 g/mol. The first-order valence-corrected chi connectivity index (χ1v) is 20.9. The molecule has 5 atom stereocenters. The maximum absolute atomic E-state index is 12.3. The molecule has 47 heavy (non-hydrogen) atoms. The molecule has 0 radical (unpaired) electrons. The van der Waals surface area contributed by atoms with Crippen LogP contribution in [0.4, 0.5) is 0 Å². The predicted molar refractivity (Wildman–Crippen MR) is 176 cm³/mol. The fourth-order valence-corrected chi connectivity index (χ4v) is 9.17. The quantitative estimate of drug-likeness (QED) is 0.0268. The minimum Gasteiger partial charge on any atom is -0.423 e. The molecule has 1 fully saturated rings. The summed E-state index contributed by atoms with van der Waals surface area (Å²) in [7, 11) is -13.5. The molecule has 3 unspecified atom stereocenters. The van der Waals surface area contributed by atoms with Crippen molar-refractivity contribution in [3.63, 3.8) is 0 Å². The maximum Gasteiger partial charge on any atom is 0.490 e. The number of nitrogens with one attached hydrogen (secondary N) is 2. The van der Waals surface area contributed by atoms with E-state index in [0.717, 1.165) is 0 Å². The van der Waals surface area contributed by atoms with Crippen LogP contribution in [0.15, 0.2) is 24.3 Å². The average Bonchev–Trinajstić information content (AvgIpc) is 3.30. The van der Waals surface area contributed by atoms with Crippen molar-refractivity contribution in [1.82, 2.24) is 10.6 Å². The second kappa shape index (κ2) is 19.0. The summed E-state index contributed by atoms with van der Waals surface area (Å²) >= 11 is 0. The molecule has 2 amide bonds. The number of phosphoric ester groups is 1. The number of benzene rings is 1. The van der Waals surface area contributed by atoms with Crippen molar-refractivity contribution in [2.24, 2.45) is 0 Å². The van der Waals surface area contributed by atoms with Gasteiger partial charge in [0.05, 0.1) is 12.7 Å². The van der Waals surface area contributed by atoms with E-state index in [-0.39, 0.29) is 40.4 Å². The van der Waals surface area contributed by atoms with Crippen molar-refractivity contribution in [3.8, 4) is 0 Å². The normalized spacial score (nSPS) is 21.1. The van der Waals surface area contributed by atoms with E-state index in [4.69, 9.17) is 29.3 Å². The van der Waals surface area contributed by atoms with Crippen LogP contribution < -0.4 is 16.1 Å². The van der Waals surface area contributed by atoms with E-state index in [0.29, 0.717) is 37.9 Å². The van der Waals surface area contributed by atoms with Crippen LogP contribution in [0.1, 0.15) is 49.9 Å². The first kappa shape index (κ1) is 42.4. The van der Waals surface area contributed by atoms with Crippen LogP contribution in [0.2, 0.25) is 0 Å². The van der Waals surface area contributed by atoms with Crippen molar-refractivity contribution < 1.29 is 75.5 Å². The van der Waals surface area contributed by atoms with E-state index >= 15 is 0 Å². The molecule has 0 aromatic heterocycles. The number of rotatable bonds is 21. The first-order valence-electron chi connectivity index (χ1n) is 14.0. The fourth-order valence-electron chi connectivity index (χ4n) is 3.96. The van der Waals surface area contributed by atoms with Crippen molar-refractivity contribution in [2.45, 2.75) is 62.5 Å². The zero-order valence-electron chi connectivity index (χ0n) is 25.7. The lowest BCUT2D eigenvalue weighted by Gasteiger charge is -2.24. The molecule has 0 aliphatic carbocycles. The number of carbonyl (C=O) groups is 2. The van der Waals surface area contributed by atoms with Gasteiger partial charge in [-0.2, -0.15) is 8.62 Å². The molecule has 0 saturated carbocycles. The van der Waals surface area contributed by atoms with E-state index in [1.165, 1.54) is 45.9 Å². The van der Waals surface area contributed by atoms with Gasteiger partial charge in [0.15, 0.2) is 0 Å². The molecule has 1 aliphatic heterocycles. The molecule has 1 aromatic rings. The molecular formula is C22H39B2N2O16P3S2. The van der Waals surface area contributed by atoms with E-state index in [1.54, 1.807) is 7.85 Å². The van der Waals surface area contributed by atoms with Crippen LogP contribution in [0.25, 0.3) is 0 Å². The number of amides is 2. The van der Waals surface area contributed by atoms with Crippen LogP contribution in [0.3, 0.4) is 0 Å². The second-order valence-electron chi connectivity index (χ2n) is 10.9. The molecule has 1 aromatic carbocycles. The summed E-state index contributed by atoms with van der Waals surface area (Å²) in [5.41, 5.74) is 0.661. The number of ether oxygens (including phenoxy) is 2. The van der Waals surface area contributed by atoms with Gasteiger partial charge in [-0.05, 0) is 50.7 Å². The highest BCUT2D eigenvalue weighted by Gasteiger charge is 2.42. The van der Waals surface area contributed by atoms with Gasteiger partial charge in [-0.1, -0.05) is 33.7 Å². The van der Waals surface area contributed by atoms with Gasteiger partial charge in [0.25, 0.3) is 5.91 Å². The first-order chi connectivity index (χ1) is 21.7. The topological polar surface area (TPSA) is 277 Å². The van der Waals surface area contributed by atoms with Gasteiger partial charge < -0.3 is 49.7 Å². The van der Waals surface area contributed by atoms with Crippen molar-refractivity contribution in [2.75, 3.05) is 25.6 Å². The summed E-state index contributed by atoms with van der Waals surface area (Å²) in [6.45, 7) is 4.00. The summed E-state index contributed by atoms with van der Waals surface area (Å²) in [6.07, 6.45) is 0.375. The van der Waals surface area contributed by atoms with E-state index in [1.807, 2.05) is 13.8 Å². The fraction of sp³-hybridized carbons (Fsp3) is 0.636. The molecular weight excluding hydrogens is 727 g/mol. The Morgan fingerprint density at radius 1 is 1.04 bits per heavy atom. The van der Waals surface area contributed by atoms with Gasteiger partial charge in [-0.15, -0.1) is 0 Å². The van der Waals surface area contributed by atoms with Crippen LogP contribution in [-0.2, 0) is 41.1 Å². The minimum absolute atomic E-state index is 0.139. The Morgan fingerprint density at radius 2 is 1.70 bits per heavy atom. The van der Waals surface area contributed by atoms with Crippen LogP contribution >= 0.6 is 45.1 Å². The SMILES string of the molecule is B[C@H]1CC(OCSSC(C)(C)CNC(=O)CCCCNC(=O)c2ccc(B(O)O)cc2)[C@@H](COP(=O)(O)OP(=O)(O)OP(=O)(O)O)O1. The molecule has 2 rings (SSSR count). The Bertz CT molecular complexity index is 1330. The summed E-state index contributed by atoms with van der Waals surface area (Å²) in [6, 6.07) is 5.58. The number of hydrogen-bond acceptors (Lipinski definition) is 14. The van der Waals surface area contributed by atoms with Crippen LogP contribution in [0.5, 0.6) is 0 Å². The average molecular weight is 766 g/mol. The number of carbonyl (C=O) groups excluding carboxylic acids is 2. The van der Waals surface area contributed by atoms with E-state index in [2.05, 4.69) is 23.8 Å². The van der Waals surface area contributed by atoms with Gasteiger partial charge in [0, 0.05) is 35.8 Å². The smallest absolute Gasteiger partial charge is 0.423 e. The van der Waals surface area contributed by atoms with Crippen molar-refractivity contribution in [3.05, 3.63) is 29.8 Å². The molecule has 0 spiro atoms. The number of phosphoric acid groups is 3. The van der Waals surface area contributed by atoms with Gasteiger partial charge in [-0.25, -0.2) is 13.7 Å². The van der Waals surface area contributed by atoms with Gasteiger partial charge in [0.1, 0.15) is 19.9 Å². The lowest BCUT2D eigenvalue weighted by molar-refractivity contribution is -0.121. The minimum atomic E-state index is -5.63. The Kier molecular flexibility index (Phi) is 17.2. The highest BCUT2D eigenvalue weighted by molar-refractivity contribution is 8.77. The standard InChI is InChI=1S/C22H39B2N2O16P3S2/c1-22(2,13-26-20(27)5-3-4-10-25-21(28)15-6-8-16(9-7-15)24(29)30)47-46-14-38-17-11-19(23)40-18(17)12-39-44(34,35)42-45(36,37)41-43(31,32)33/h6-9,17-19,29-30H,3-5,10-14,23H2,1-2H3,(H,25,28)(H,26,27)(H,34,35)(H,36,37)(H2,31,32,33)/t17?,18-,19-/m1/s1. The van der Waals surface area contributed by atoms with E-state index in [9.17, 15) is 33.1 Å². The third-order valence-electron chi connectivity index (χ3n) is 6.12.